The number of fused-ring (bicyclic) bond motifs is 1. The number of aldehydes is 1. The molecule has 0 spiro atoms. The summed E-state index contributed by atoms with van der Waals surface area (Å²) in [5.41, 5.74) is 0.861. The molecule has 0 unspecified atom stereocenters. The van der Waals surface area contributed by atoms with Crippen molar-refractivity contribution >= 4 is 28.9 Å². The summed E-state index contributed by atoms with van der Waals surface area (Å²) < 4.78 is 0. The number of hydrogen-bond acceptors (Lipinski definition) is 3. The molecule has 0 fully saturated rings. The maximum atomic E-state index is 10.4. The molecular formula is C9H5ClN2O. The minimum atomic E-state index is 0.363. The van der Waals surface area contributed by atoms with Crippen LogP contribution in [0.1, 0.15) is 10.5 Å². The Balaban J connectivity index is 2.74. The van der Waals surface area contributed by atoms with Gasteiger partial charge in [0.2, 0.25) is 0 Å². The van der Waals surface area contributed by atoms with E-state index in [0.29, 0.717) is 22.8 Å². The summed E-state index contributed by atoms with van der Waals surface area (Å²) in [4.78, 5) is 18.4. The van der Waals surface area contributed by atoms with Crippen molar-refractivity contribution in [3.05, 3.63) is 35.1 Å². The molecule has 3 nitrogen and oxygen atoms in total. The summed E-state index contributed by atoms with van der Waals surface area (Å²) in [6.45, 7) is 0. The highest BCUT2D eigenvalue weighted by Crippen LogP contribution is 2.13. The predicted octanol–water partition coefficient (Wildman–Crippen LogP) is 2.10. The molecule has 4 heteroatoms. The lowest BCUT2D eigenvalue weighted by Crippen LogP contribution is -1.89. The van der Waals surface area contributed by atoms with E-state index in [2.05, 4.69) is 9.97 Å². The second-order valence-corrected chi connectivity index (χ2v) is 2.92. The summed E-state index contributed by atoms with van der Waals surface area (Å²) in [5.74, 6) is 0. The monoisotopic (exact) mass is 192 g/mol. The molecule has 2 aromatic heterocycles. The van der Waals surface area contributed by atoms with Gasteiger partial charge in [-0.15, -0.1) is 0 Å². The van der Waals surface area contributed by atoms with Crippen LogP contribution in [-0.4, -0.2) is 16.3 Å². The zero-order chi connectivity index (χ0) is 9.26. The van der Waals surface area contributed by atoms with Crippen LogP contribution in [0.2, 0.25) is 5.15 Å². The van der Waals surface area contributed by atoms with Crippen molar-refractivity contribution < 1.29 is 4.79 Å². The van der Waals surface area contributed by atoms with Crippen molar-refractivity contribution in [3.8, 4) is 0 Å². The van der Waals surface area contributed by atoms with E-state index in [1.165, 1.54) is 0 Å². The molecule has 0 radical (unpaired) electrons. The molecule has 0 amide bonds. The van der Waals surface area contributed by atoms with Gasteiger partial charge in [0.25, 0.3) is 0 Å². The topological polar surface area (TPSA) is 42.9 Å². The molecular weight excluding hydrogens is 188 g/mol. The van der Waals surface area contributed by atoms with Crippen LogP contribution in [0, 0.1) is 0 Å². The number of carbonyl (C=O) groups is 1. The van der Waals surface area contributed by atoms with Crippen LogP contribution in [0.4, 0.5) is 0 Å². The largest absolute Gasteiger partial charge is 0.296 e. The van der Waals surface area contributed by atoms with Gasteiger partial charge in [-0.25, -0.2) is 9.97 Å². The smallest absolute Gasteiger partial charge is 0.168 e. The Kier molecular flexibility index (Phi) is 1.94. The van der Waals surface area contributed by atoms with Crippen molar-refractivity contribution in [1.29, 1.82) is 0 Å². The quantitative estimate of drug-likeness (QED) is 0.513. The molecule has 13 heavy (non-hydrogen) atoms. The van der Waals surface area contributed by atoms with Gasteiger partial charge in [-0.2, -0.15) is 0 Å². The van der Waals surface area contributed by atoms with Crippen molar-refractivity contribution in [1.82, 2.24) is 9.97 Å². The third kappa shape index (κ3) is 1.51. The van der Waals surface area contributed by atoms with Crippen molar-refractivity contribution in [2.45, 2.75) is 0 Å². The zero-order valence-corrected chi connectivity index (χ0v) is 7.32. The summed E-state index contributed by atoms with van der Waals surface area (Å²) in [6.07, 6.45) is 0.683. The van der Waals surface area contributed by atoms with Gasteiger partial charge in [-0.1, -0.05) is 11.6 Å². The second kappa shape index (κ2) is 3.11. The van der Waals surface area contributed by atoms with Gasteiger partial charge < -0.3 is 0 Å². The Labute approximate surface area is 79.4 Å². The van der Waals surface area contributed by atoms with E-state index in [1.54, 1.807) is 18.2 Å². The Morgan fingerprint density at radius 2 is 1.92 bits per heavy atom. The van der Waals surface area contributed by atoms with Gasteiger partial charge in [0.05, 0.1) is 0 Å². The lowest BCUT2D eigenvalue weighted by molar-refractivity contribution is 0.111. The van der Waals surface area contributed by atoms with Crippen LogP contribution >= 0.6 is 11.6 Å². The Morgan fingerprint density at radius 3 is 2.69 bits per heavy atom. The van der Waals surface area contributed by atoms with Crippen LogP contribution < -0.4 is 0 Å². The van der Waals surface area contributed by atoms with Crippen LogP contribution in [0.25, 0.3) is 11.0 Å². The molecule has 2 rings (SSSR count). The Hall–Kier alpha value is -1.48. The summed E-state index contributed by atoms with van der Waals surface area (Å²) in [5, 5.41) is 1.25. The molecule has 0 aliphatic heterocycles. The number of nitrogens with zero attached hydrogens (tertiary/aromatic N) is 2. The molecule has 0 aliphatic carbocycles. The third-order valence-corrected chi connectivity index (χ3v) is 1.87. The normalized spacial score (nSPS) is 10.2. The Bertz CT molecular complexity index is 470. The first-order chi connectivity index (χ1) is 6.29. The van der Waals surface area contributed by atoms with Gasteiger partial charge in [-0.3, -0.25) is 4.79 Å². The number of pyridine rings is 2. The molecule has 0 atom stereocenters. The highest BCUT2D eigenvalue weighted by atomic mass is 35.5. The number of carbonyl (C=O) groups excluding carboxylic acids is 1. The SMILES string of the molecule is O=Cc1ccc2ccc(Cl)nc2n1. The lowest BCUT2D eigenvalue weighted by atomic mass is 10.2. The van der Waals surface area contributed by atoms with Gasteiger partial charge in [-0.05, 0) is 24.3 Å². The minimum Gasteiger partial charge on any atom is -0.296 e. The fourth-order valence-electron chi connectivity index (χ4n) is 1.06. The first kappa shape index (κ1) is 8.13. The highest BCUT2D eigenvalue weighted by Gasteiger charge is 1.98. The highest BCUT2D eigenvalue weighted by molar-refractivity contribution is 6.29. The first-order valence-electron chi connectivity index (χ1n) is 3.68. The van der Waals surface area contributed by atoms with E-state index in [-0.39, 0.29) is 0 Å². The fourth-order valence-corrected chi connectivity index (χ4v) is 1.20. The maximum absolute atomic E-state index is 10.4. The molecule has 0 N–H and O–H groups in total. The molecule has 2 aromatic rings. The van der Waals surface area contributed by atoms with Crippen LogP contribution in [0.5, 0.6) is 0 Å². The fraction of sp³-hybridized carbons (Fsp3) is 0. The molecule has 0 aliphatic rings. The molecule has 0 aromatic carbocycles. The van der Waals surface area contributed by atoms with E-state index in [0.717, 1.165) is 5.39 Å². The standard InChI is InChI=1S/C9H5ClN2O/c10-8-4-2-6-1-3-7(5-13)11-9(6)12-8/h1-5H. The van der Waals surface area contributed by atoms with Crippen LogP contribution in [0.15, 0.2) is 24.3 Å². The van der Waals surface area contributed by atoms with E-state index >= 15 is 0 Å². The molecule has 0 saturated heterocycles. The van der Waals surface area contributed by atoms with Crippen molar-refractivity contribution in [2.24, 2.45) is 0 Å². The average molecular weight is 193 g/mol. The second-order valence-electron chi connectivity index (χ2n) is 2.53. The van der Waals surface area contributed by atoms with Gasteiger partial charge >= 0.3 is 0 Å². The van der Waals surface area contributed by atoms with Crippen LogP contribution in [-0.2, 0) is 0 Å². The molecule has 64 valence electrons. The first-order valence-corrected chi connectivity index (χ1v) is 4.06. The Morgan fingerprint density at radius 1 is 1.15 bits per heavy atom. The number of rotatable bonds is 1. The molecule has 0 saturated carbocycles. The number of aromatic nitrogens is 2. The maximum Gasteiger partial charge on any atom is 0.168 e. The predicted molar refractivity (Wildman–Crippen MR) is 49.9 cm³/mol. The van der Waals surface area contributed by atoms with E-state index in [4.69, 9.17) is 11.6 Å². The number of halogens is 1. The van der Waals surface area contributed by atoms with Gasteiger partial charge in [0.1, 0.15) is 10.8 Å². The average Bonchev–Trinajstić information content (AvgIpc) is 2.16. The van der Waals surface area contributed by atoms with Crippen molar-refractivity contribution in [2.75, 3.05) is 0 Å². The van der Waals surface area contributed by atoms with Gasteiger partial charge in [0.15, 0.2) is 11.9 Å². The van der Waals surface area contributed by atoms with E-state index in [9.17, 15) is 4.79 Å². The van der Waals surface area contributed by atoms with Crippen molar-refractivity contribution in [3.63, 3.8) is 0 Å². The summed E-state index contributed by atoms with van der Waals surface area (Å²) >= 11 is 5.67. The summed E-state index contributed by atoms with van der Waals surface area (Å²) in [7, 11) is 0. The molecule has 0 bridgehead atoms. The van der Waals surface area contributed by atoms with Crippen LogP contribution in [0.3, 0.4) is 0 Å². The minimum absolute atomic E-state index is 0.363. The van der Waals surface area contributed by atoms with Gasteiger partial charge in [0, 0.05) is 5.39 Å². The molecule has 2 heterocycles. The number of hydrogen-bond donors (Lipinski definition) is 0. The van der Waals surface area contributed by atoms with E-state index in [1.807, 2.05) is 6.07 Å². The van der Waals surface area contributed by atoms with E-state index < -0.39 is 0 Å². The lowest BCUT2D eigenvalue weighted by Gasteiger charge is -1.96. The third-order valence-electron chi connectivity index (χ3n) is 1.66. The summed E-state index contributed by atoms with van der Waals surface area (Å²) in [6, 6.07) is 6.93. The zero-order valence-electron chi connectivity index (χ0n) is 6.57.